The van der Waals surface area contributed by atoms with Crippen molar-refractivity contribution in [3.63, 3.8) is 0 Å². The van der Waals surface area contributed by atoms with Crippen LogP contribution in [0.3, 0.4) is 0 Å². The van der Waals surface area contributed by atoms with Crippen LogP contribution in [0.1, 0.15) is 18.5 Å². The fraction of sp³-hybridized carbons (Fsp3) is 0.467. The van der Waals surface area contributed by atoms with Crippen LogP contribution >= 0.6 is 22.7 Å². The number of hydrogen-bond donors (Lipinski definition) is 1. The minimum Gasteiger partial charge on any atom is -0.391 e. The third kappa shape index (κ3) is 3.70. The molecule has 21 heavy (non-hydrogen) atoms. The van der Waals surface area contributed by atoms with Crippen molar-refractivity contribution in [3.8, 4) is 9.88 Å². The molecule has 2 aromatic heterocycles. The average molecular weight is 322 g/mol. The van der Waals surface area contributed by atoms with Gasteiger partial charge in [-0.2, -0.15) is 0 Å². The molecule has 2 heterocycles. The Bertz CT molecular complexity index is 605. The van der Waals surface area contributed by atoms with Crippen LogP contribution in [0, 0.1) is 5.92 Å². The summed E-state index contributed by atoms with van der Waals surface area (Å²) < 4.78 is 0. The summed E-state index contributed by atoms with van der Waals surface area (Å²) in [6.45, 7) is 0.422. The van der Waals surface area contributed by atoms with Crippen molar-refractivity contribution in [2.24, 2.45) is 5.92 Å². The maximum Gasteiger partial charge on any atom is 0.228 e. The highest BCUT2D eigenvalue weighted by Gasteiger charge is 2.31. The Hall–Kier alpha value is -1.24. The van der Waals surface area contributed by atoms with E-state index in [1.54, 1.807) is 34.6 Å². The highest BCUT2D eigenvalue weighted by molar-refractivity contribution is 7.20. The fourth-order valence-electron chi connectivity index (χ4n) is 2.20. The lowest BCUT2D eigenvalue weighted by molar-refractivity contribution is -0.130. The Morgan fingerprint density at radius 3 is 3.00 bits per heavy atom. The number of aliphatic hydroxyl groups is 1. The molecule has 1 saturated carbocycles. The number of hydrogen-bond acceptors (Lipinski definition) is 5. The van der Waals surface area contributed by atoms with Crippen LogP contribution in [0.25, 0.3) is 9.88 Å². The van der Waals surface area contributed by atoms with E-state index >= 15 is 0 Å². The van der Waals surface area contributed by atoms with Crippen LogP contribution < -0.4 is 0 Å². The van der Waals surface area contributed by atoms with Crippen LogP contribution in [-0.4, -0.2) is 40.6 Å². The molecule has 0 saturated heterocycles. The van der Waals surface area contributed by atoms with Crippen molar-refractivity contribution in [3.05, 3.63) is 28.6 Å². The molecule has 0 radical (unpaired) electrons. The van der Waals surface area contributed by atoms with Gasteiger partial charge >= 0.3 is 0 Å². The molecule has 6 heteroatoms. The highest BCUT2D eigenvalue weighted by Crippen LogP contribution is 2.33. The summed E-state index contributed by atoms with van der Waals surface area (Å²) >= 11 is 3.22. The van der Waals surface area contributed by atoms with Gasteiger partial charge in [0, 0.05) is 19.0 Å². The van der Waals surface area contributed by atoms with Crippen LogP contribution in [0.5, 0.6) is 0 Å². The van der Waals surface area contributed by atoms with E-state index < -0.39 is 0 Å². The fourth-order valence-corrected chi connectivity index (χ4v) is 3.84. The predicted octanol–water partition coefficient (Wildman–Crippen LogP) is 2.64. The van der Waals surface area contributed by atoms with Crippen molar-refractivity contribution < 1.29 is 9.90 Å². The smallest absolute Gasteiger partial charge is 0.228 e. The third-order valence-electron chi connectivity index (χ3n) is 3.67. The van der Waals surface area contributed by atoms with Gasteiger partial charge in [-0.05, 0) is 30.2 Å². The molecule has 1 aliphatic carbocycles. The van der Waals surface area contributed by atoms with Crippen LogP contribution in [0.2, 0.25) is 0 Å². The van der Waals surface area contributed by atoms with Gasteiger partial charge in [0.25, 0.3) is 0 Å². The molecule has 112 valence electrons. The quantitative estimate of drug-likeness (QED) is 0.889. The summed E-state index contributed by atoms with van der Waals surface area (Å²) in [6.07, 6.45) is 2.09. The molecule has 1 unspecified atom stereocenters. The van der Waals surface area contributed by atoms with Gasteiger partial charge in [0.2, 0.25) is 5.91 Å². The van der Waals surface area contributed by atoms with E-state index in [1.165, 1.54) is 0 Å². The van der Waals surface area contributed by atoms with Crippen LogP contribution in [0.4, 0.5) is 0 Å². The average Bonchev–Trinajstić information content (AvgIpc) is 2.98. The van der Waals surface area contributed by atoms with Gasteiger partial charge in [-0.3, -0.25) is 4.79 Å². The Labute approximate surface area is 132 Å². The second-order valence-corrected chi connectivity index (χ2v) is 7.28. The standard InChI is InChI=1S/C15H18N2O2S2/c1-17(8-12(18)10-4-5-10)14(19)7-11-9-21-15(16-11)13-3-2-6-20-13/h2-3,6,9-10,12,18H,4-5,7-8H2,1H3. The topological polar surface area (TPSA) is 53.4 Å². The van der Waals surface area contributed by atoms with Crippen molar-refractivity contribution in [2.45, 2.75) is 25.4 Å². The van der Waals surface area contributed by atoms with E-state index in [0.29, 0.717) is 18.9 Å². The molecule has 4 nitrogen and oxygen atoms in total. The summed E-state index contributed by atoms with van der Waals surface area (Å²) in [7, 11) is 1.75. The van der Waals surface area contributed by atoms with Gasteiger partial charge in [-0.1, -0.05) is 6.07 Å². The molecule has 1 aliphatic rings. The van der Waals surface area contributed by atoms with Gasteiger partial charge in [0.15, 0.2) is 0 Å². The summed E-state index contributed by atoms with van der Waals surface area (Å²) in [6, 6.07) is 4.03. The SMILES string of the molecule is CN(CC(O)C1CC1)C(=O)Cc1csc(-c2cccs2)n1. The summed E-state index contributed by atoms with van der Waals surface area (Å²) in [5, 5.41) is 14.8. The van der Waals surface area contributed by atoms with Gasteiger partial charge in [-0.15, -0.1) is 22.7 Å². The number of aromatic nitrogens is 1. The zero-order valence-electron chi connectivity index (χ0n) is 11.9. The van der Waals surface area contributed by atoms with E-state index in [-0.39, 0.29) is 12.0 Å². The Morgan fingerprint density at radius 1 is 1.52 bits per heavy atom. The van der Waals surface area contributed by atoms with E-state index in [9.17, 15) is 9.90 Å². The largest absolute Gasteiger partial charge is 0.391 e. The number of amides is 1. The number of rotatable bonds is 6. The van der Waals surface area contributed by atoms with Crippen molar-refractivity contribution >= 4 is 28.6 Å². The Kier molecular flexibility index (Phi) is 4.37. The second-order valence-electron chi connectivity index (χ2n) is 5.48. The second kappa shape index (κ2) is 6.25. The molecule has 0 spiro atoms. The molecule has 0 bridgehead atoms. The van der Waals surface area contributed by atoms with Crippen LogP contribution in [0.15, 0.2) is 22.9 Å². The Balaban J connectivity index is 1.56. The third-order valence-corrected chi connectivity index (χ3v) is 5.60. The zero-order valence-corrected chi connectivity index (χ0v) is 13.5. The normalized spacial score (nSPS) is 15.9. The molecular weight excluding hydrogens is 304 g/mol. The molecule has 0 aliphatic heterocycles. The van der Waals surface area contributed by atoms with Gasteiger partial charge < -0.3 is 10.0 Å². The summed E-state index contributed by atoms with van der Waals surface area (Å²) in [4.78, 5) is 19.4. The van der Waals surface area contributed by atoms with E-state index in [1.807, 2.05) is 22.9 Å². The molecule has 1 atom stereocenters. The number of likely N-dealkylation sites (N-methyl/N-ethyl adjacent to an activating group) is 1. The minimum absolute atomic E-state index is 0.0118. The number of carbonyl (C=O) groups excluding carboxylic acids is 1. The van der Waals surface area contributed by atoms with Gasteiger partial charge in [0.1, 0.15) is 5.01 Å². The van der Waals surface area contributed by atoms with E-state index in [0.717, 1.165) is 28.4 Å². The zero-order chi connectivity index (χ0) is 14.8. The molecule has 0 aromatic carbocycles. The van der Waals surface area contributed by atoms with E-state index in [4.69, 9.17) is 0 Å². The first-order valence-electron chi connectivity index (χ1n) is 7.04. The number of carbonyl (C=O) groups is 1. The molecule has 1 fully saturated rings. The lowest BCUT2D eigenvalue weighted by Gasteiger charge is -2.20. The van der Waals surface area contributed by atoms with Gasteiger partial charge in [0.05, 0.1) is 23.1 Å². The van der Waals surface area contributed by atoms with Crippen molar-refractivity contribution in [1.82, 2.24) is 9.88 Å². The molecule has 3 rings (SSSR count). The lowest BCUT2D eigenvalue weighted by Crippen LogP contribution is -2.36. The molecule has 1 amide bonds. The first-order chi connectivity index (χ1) is 10.1. The molecular formula is C15H18N2O2S2. The maximum atomic E-state index is 12.2. The summed E-state index contributed by atoms with van der Waals surface area (Å²) in [5.41, 5.74) is 0.807. The number of aliphatic hydroxyl groups excluding tert-OH is 1. The molecule has 1 N–H and O–H groups in total. The van der Waals surface area contributed by atoms with Crippen molar-refractivity contribution in [2.75, 3.05) is 13.6 Å². The number of thiazole rings is 1. The monoisotopic (exact) mass is 322 g/mol. The maximum absolute atomic E-state index is 12.2. The minimum atomic E-state index is -0.379. The van der Waals surface area contributed by atoms with Crippen molar-refractivity contribution in [1.29, 1.82) is 0 Å². The number of nitrogens with zero attached hydrogens (tertiary/aromatic N) is 2. The van der Waals surface area contributed by atoms with E-state index in [2.05, 4.69) is 4.98 Å². The first-order valence-corrected chi connectivity index (χ1v) is 8.79. The predicted molar refractivity (Wildman–Crippen MR) is 85.5 cm³/mol. The summed E-state index contributed by atoms with van der Waals surface area (Å²) in [5.74, 6) is 0.405. The molecule has 2 aromatic rings. The highest BCUT2D eigenvalue weighted by atomic mass is 32.1. The van der Waals surface area contributed by atoms with Gasteiger partial charge in [-0.25, -0.2) is 4.98 Å². The lowest BCUT2D eigenvalue weighted by atomic mass is 10.2. The Morgan fingerprint density at radius 2 is 2.33 bits per heavy atom. The number of thiophene rings is 1. The van der Waals surface area contributed by atoms with Crippen LogP contribution in [-0.2, 0) is 11.2 Å². The first kappa shape index (κ1) is 14.7.